The van der Waals surface area contributed by atoms with Crippen molar-refractivity contribution in [3.8, 4) is 0 Å². The van der Waals surface area contributed by atoms with Gasteiger partial charge < -0.3 is 0 Å². The first-order valence-electron chi connectivity index (χ1n) is 7.86. The monoisotopic (exact) mass is 345 g/mol. The highest BCUT2D eigenvalue weighted by atomic mass is 32.2. The molecule has 1 aliphatic carbocycles. The Hall–Kier alpha value is -2.25. The van der Waals surface area contributed by atoms with Crippen LogP contribution in [0, 0.1) is 0 Å². The number of hydrogen-bond acceptors (Lipinski definition) is 4. The lowest BCUT2D eigenvalue weighted by Gasteiger charge is -2.07. The zero-order chi connectivity index (χ0) is 17.0. The minimum Gasteiger partial charge on any atom is -0.268 e. The van der Waals surface area contributed by atoms with Crippen LogP contribution in [0.1, 0.15) is 23.2 Å². The minimum atomic E-state index is -3.55. The Balaban J connectivity index is 1.60. The van der Waals surface area contributed by atoms with E-state index in [0.717, 1.165) is 41.5 Å². The summed E-state index contributed by atoms with van der Waals surface area (Å²) < 4.78 is 27.7. The number of fused-ring (bicyclic) bond motifs is 1. The summed E-state index contributed by atoms with van der Waals surface area (Å²) in [4.78, 5) is 12.0. The van der Waals surface area contributed by atoms with Gasteiger partial charge in [-0.3, -0.25) is 4.79 Å². The average Bonchev–Trinajstić information content (AvgIpc) is 3.01. The number of aromatic nitrogens is 2. The average molecular weight is 345 g/mol. The standard InChI is InChI=1S/C17H19N3O3S/c21-17-13-15-7-4-8-16(15)19-20(17)11-10-18-24(22,23)12-9-14-5-2-1-3-6-14/h1-3,5-6,9,12-13,18H,4,7-8,10-11H2/b12-9+. The van der Waals surface area contributed by atoms with E-state index in [4.69, 9.17) is 0 Å². The SMILES string of the molecule is O=c1cc2c(nn1CCNS(=O)(=O)/C=C/c1ccccc1)CCC2. The van der Waals surface area contributed by atoms with Crippen LogP contribution in [0.5, 0.6) is 0 Å². The van der Waals surface area contributed by atoms with E-state index in [9.17, 15) is 13.2 Å². The van der Waals surface area contributed by atoms with Gasteiger partial charge in [0.15, 0.2) is 0 Å². The molecule has 0 bridgehead atoms. The third-order valence-corrected chi connectivity index (χ3v) is 4.99. The Morgan fingerprint density at radius 1 is 1.21 bits per heavy atom. The molecule has 1 aromatic heterocycles. The molecular weight excluding hydrogens is 326 g/mol. The van der Waals surface area contributed by atoms with E-state index in [2.05, 4.69) is 9.82 Å². The molecule has 1 N–H and O–H groups in total. The molecule has 1 aromatic carbocycles. The van der Waals surface area contributed by atoms with Crippen LogP contribution in [-0.2, 0) is 29.4 Å². The molecule has 0 unspecified atom stereocenters. The van der Waals surface area contributed by atoms with Crippen LogP contribution >= 0.6 is 0 Å². The summed E-state index contributed by atoms with van der Waals surface area (Å²) in [5.41, 5.74) is 2.58. The second kappa shape index (κ2) is 7.11. The van der Waals surface area contributed by atoms with Gasteiger partial charge in [-0.25, -0.2) is 17.8 Å². The molecule has 3 rings (SSSR count). The maximum atomic E-state index is 12.0. The normalized spacial score (nSPS) is 14.2. The minimum absolute atomic E-state index is 0.118. The van der Waals surface area contributed by atoms with E-state index >= 15 is 0 Å². The number of nitrogens with one attached hydrogen (secondary N) is 1. The predicted octanol–water partition coefficient (Wildman–Crippen LogP) is 1.32. The van der Waals surface area contributed by atoms with Gasteiger partial charge >= 0.3 is 0 Å². The van der Waals surface area contributed by atoms with Crippen molar-refractivity contribution in [3.05, 3.63) is 69.0 Å². The van der Waals surface area contributed by atoms with E-state index in [-0.39, 0.29) is 18.6 Å². The summed E-state index contributed by atoms with van der Waals surface area (Å²) in [6, 6.07) is 10.8. The Bertz CT molecular complexity index is 902. The van der Waals surface area contributed by atoms with Crippen LogP contribution in [0.2, 0.25) is 0 Å². The molecule has 0 saturated carbocycles. The topological polar surface area (TPSA) is 81.1 Å². The summed E-state index contributed by atoms with van der Waals surface area (Å²) in [5, 5.41) is 5.44. The van der Waals surface area contributed by atoms with Crippen molar-refractivity contribution in [2.75, 3.05) is 6.54 Å². The zero-order valence-electron chi connectivity index (χ0n) is 13.2. The first-order chi connectivity index (χ1) is 11.5. The molecular formula is C17H19N3O3S. The van der Waals surface area contributed by atoms with E-state index in [1.807, 2.05) is 30.3 Å². The molecule has 7 heteroatoms. The smallest absolute Gasteiger partial charge is 0.267 e. The molecule has 2 aromatic rings. The van der Waals surface area contributed by atoms with Crippen molar-refractivity contribution in [3.63, 3.8) is 0 Å². The number of nitrogens with zero attached hydrogens (tertiary/aromatic N) is 2. The highest BCUT2D eigenvalue weighted by Gasteiger charge is 2.14. The fourth-order valence-corrected chi connectivity index (χ4v) is 3.48. The zero-order valence-corrected chi connectivity index (χ0v) is 14.0. The molecule has 0 radical (unpaired) electrons. The first kappa shape index (κ1) is 16.6. The van der Waals surface area contributed by atoms with Crippen LogP contribution < -0.4 is 10.3 Å². The van der Waals surface area contributed by atoms with E-state index in [0.29, 0.717) is 0 Å². The molecule has 24 heavy (non-hydrogen) atoms. The molecule has 0 aliphatic heterocycles. The Kier molecular flexibility index (Phi) is 4.92. The van der Waals surface area contributed by atoms with Gasteiger partial charge in [0.1, 0.15) is 0 Å². The summed E-state index contributed by atoms with van der Waals surface area (Å²) in [6.07, 6.45) is 4.32. The van der Waals surface area contributed by atoms with Gasteiger partial charge in [0.05, 0.1) is 12.2 Å². The number of hydrogen-bond donors (Lipinski definition) is 1. The van der Waals surface area contributed by atoms with Crippen molar-refractivity contribution in [2.24, 2.45) is 0 Å². The Labute approximate surface area is 140 Å². The molecule has 0 fully saturated rings. The van der Waals surface area contributed by atoms with Crippen molar-refractivity contribution < 1.29 is 8.42 Å². The fraction of sp³-hybridized carbons (Fsp3) is 0.294. The molecule has 126 valence electrons. The lowest BCUT2D eigenvalue weighted by molar-refractivity contribution is 0.546. The highest BCUT2D eigenvalue weighted by Crippen LogP contribution is 2.16. The molecule has 1 aliphatic rings. The fourth-order valence-electron chi connectivity index (χ4n) is 2.67. The Morgan fingerprint density at radius 3 is 2.79 bits per heavy atom. The lowest BCUT2D eigenvalue weighted by atomic mass is 10.2. The summed E-state index contributed by atoms with van der Waals surface area (Å²) in [7, 11) is -3.55. The third-order valence-electron chi connectivity index (χ3n) is 3.89. The molecule has 0 amide bonds. The maximum absolute atomic E-state index is 12.0. The van der Waals surface area contributed by atoms with Gasteiger partial charge in [0.2, 0.25) is 10.0 Å². The number of rotatable bonds is 6. The lowest BCUT2D eigenvalue weighted by Crippen LogP contribution is -2.31. The van der Waals surface area contributed by atoms with Crippen LogP contribution in [0.3, 0.4) is 0 Å². The van der Waals surface area contributed by atoms with Crippen LogP contribution in [0.4, 0.5) is 0 Å². The first-order valence-corrected chi connectivity index (χ1v) is 9.41. The number of benzene rings is 1. The van der Waals surface area contributed by atoms with Gasteiger partial charge in [0.25, 0.3) is 5.56 Å². The van der Waals surface area contributed by atoms with Gasteiger partial charge in [0, 0.05) is 18.0 Å². The largest absolute Gasteiger partial charge is 0.268 e. The van der Waals surface area contributed by atoms with Gasteiger partial charge in [-0.05, 0) is 36.5 Å². The summed E-state index contributed by atoms with van der Waals surface area (Å²) in [6.45, 7) is 0.331. The summed E-state index contributed by atoms with van der Waals surface area (Å²) in [5.74, 6) is 0. The quantitative estimate of drug-likeness (QED) is 0.856. The van der Waals surface area contributed by atoms with Crippen molar-refractivity contribution in [1.82, 2.24) is 14.5 Å². The third kappa shape index (κ3) is 4.18. The molecule has 1 heterocycles. The predicted molar refractivity (Wildman–Crippen MR) is 92.9 cm³/mol. The maximum Gasteiger partial charge on any atom is 0.267 e. The number of sulfonamides is 1. The van der Waals surface area contributed by atoms with E-state index in [1.54, 1.807) is 6.07 Å². The molecule has 0 spiro atoms. The van der Waals surface area contributed by atoms with E-state index < -0.39 is 10.0 Å². The molecule has 0 atom stereocenters. The van der Waals surface area contributed by atoms with Gasteiger partial charge in [-0.2, -0.15) is 5.10 Å². The van der Waals surface area contributed by atoms with Gasteiger partial charge in [-0.15, -0.1) is 0 Å². The van der Waals surface area contributed by atoms with Crippen LogP contribution in [-0.4, -0.2) is 24.7 Å². The molecule has 6 nitrogen and oxygen atoms in total. The van der Waals surface area contributed by atoms with Crippen LogP contribution in [0.15, 0.2) is 46.6 Å². The highest BCUT2D eigenvalue weighted by molar-refractivity contribution is 7.92. The Morgan fingerprint density at radius 2 is 2.00 bits per heavy atom. The second-order valence-corrected chi connectivity index (χ2v) is 7.33. The van der Waals surface area contributed by atoms with Crippen molar-refractivity contribution >= 4 is 16.1 Å². The van der Waals surface area contributed by atoms with Crippen molar-refractivity contribution in [1.29, 1.82) is 0 Å². The van der Waals surface area contributed by atoms with Crippen molar-refractivity contribution in [2.45, 2.75) is 25.8 Å². The number of aryl methyl sites for hydroxylation is 2. The van der Waals surface area contributed by atoms with E-state index in [1.165, 1.54) is 10.8 Å². The molecule has 0 saturated heterocycles. The summed E-state index contributed by atoms with van der Waals surface area (Å²) >= 11 is 0. The second-order valence-electron chi connectivity index (χ2n) is 5.68. The van der Waals surface area contributed by atoms with Gasteiger partial charge in [-0.1, -0.05) is 30.3 Å². The van der Waals surface area contributed by atoms with Crippen LogP contribution in [0.25, 0.3) is 6.08 Å².